The molecule has 2 atom stereocenters. The van der Waals surface area contributed by atoms with Crippen molar-refractivity contribution in [1.82, 2.24) is 15.5 Å². The third kappa shape index (κ3) is 9.10. The van der Waals surface area contributed by atoms with E-state index in [1.54, 1.807) is 26.0 Å². The molecular formula is C30H41FN4O4. The molecule has 3 rings (SSSR count). The number of allylic oxidation sites excluding steroid dienone is 4. The van der Waals surface area contributed by atoms with Crippen molar-refractivity contribution in [1.29, 1.82) is 5.26 Å². The standard InChI is InChI=1S/C14H13FN2O2.C14H22N2O2.C2H6/c1-3-12(13(15)4-2)10-5-6-14(19-17-9-18)11(7-10)8-16;1-9(2)13(12-8-10(3)15-18-12)14(17)16-7-5-6-11(16)4;1-2/h3-7,9H,1-2H3,(H,17,18);8-9,11,13H,5-7H2,1-4H3;1-2H3/b12-3-,13-4+;;. The molecule has 1 fully saturated rings. The molecule has 2 heterocycles. The highest BCUT2D eigenvalue weighted by Crippen LogP contribution is 2.31. The number of hydrogen-bond acceptors (Lipinski definition) is 6. The van der Waals surface area contributed by atoms with Crippen molar-refractivity contribution in [3.63, 3.8) is 0 Å². The molecule has 0 aliphatic carbocycles. The summed E-state index contributed by atoms with van der Waals surface area (Å²) < 4.78 is 18.9. The number of halogens is 1. The zero-order valence-electron chi connectivity index (χ0n) is 24.2. The number of carbonyl (C=O) groups is 2. The lowest BCUT2D eigenvalue weighted by molar-refractivity contribution is -0.134. The van der Waals surface area contributed by atoms with Crippen molar-refractivity contribution in [2.45, 2.75) is 80.2 Å². The molecule has 8 nitrogen and oxygen atoms in total. The molecule has 0 spiro atoms. The number of hydrogen-bond donors (Lipinski definition) is 1. The Kier molecular flexibility index (Phi) is 14.3. The van der Waals surface area contributed by atoms with Crippen molar-refractivity contribution >= 4 is 17.9 Å². The Morgan fingerprint density at radius 3 is 2.44 bits per heavy atom. The number of nitriles is 1. The zero-order valence-corrected chi connectivity index (χ0v) is 24.2. The van der Waals surface area contributed by atoms with Gasteiger partial charge in [-0.3, -0.25) is 9.59 Å². The molecule has 2 unspecified atom stereocenters. The number of aromatic nitrogens is 1. The summed E-state index contributed by atoms with van der Waals surface area (Å²) in [5.41, 5.74) is 4.00. The van der Waals surface area contributed by atoms with E-state index in [1.807, 2.05) is 43.3 Å². The van der Waals surface area contributed by atoms with Gasteiger partial charge in [-0.05, 0) is 64.2 Å². The quantitative estimate of drug-likeness (QED) is 0.229. The second-order valence-electron chi connectivity index (χ2n) is 9.11. The summed E-state index contributed by atoms with van der Waals surface area (Å²) in [5.74, 6) is 0.739. The van der Waals surface area contributed by atoms with Crippen LogP contribution in [0.1, 0.15) is 89.8 Å². The van der Waals surface area contributed by atoms with Crippen molar-refractivity contribution < 1.29 is 23.3 Å². The first-order chi connectivity index (χ1) is 18.7. The summed E-state index contributed by atoms with van der Waals surface area (Å²) in [4.78, 5) is 29.6. The molecule has 1 aliphatic rings. The van der Waals surface area contributed by atoms with E-state index in [9.17, 15) is 14.0 Å². The van der Waals surface area contributed by atoms with Gasteiger partial charge in [0.1, 0.15) is 23.6 Å². The van der Waals surface area contributed by atoms with E-state index >= 15 is 0 Å². The third-order valence-corrected chi connectivity index (χ3v) is 6.15. The maximum atomic E-state index is 13.6. The summed E-state index contributed by atoms with van der Waals surface area (Å²) in [6.07, 6.45) is 5.53. The van der Waals surface area contributed by atoms with Crippen molar-refractivity contribution in [3.8, 4) is 11.8 Å². The first kappa shape index (κ1) is 33.1. The number of carbonyl (C=O) groups excluding carboxylic acids is 2. The average Bonchev–Trinajstić information content (AvgIpc) is 3.57. The normalized spacial score (nSPS) is 15.8. The highest BCUT2D eigenvalue weighted by atomic mass is 19.1. The van der Waals surface area contributed by atoms with E-state index in [-0.39, 0.29) is 34.9 Å². The average molecular weight is 541 g/mol. The number of amides is 2. The monoisotopic (exact) mass is 540 g/mol. The topological polar surface area (TPSA) is 108 Å². The molecule has 1 N–H and O–H groups in total. The van der Waals surface area contributed by atoms with Crippen LogP contribution in [-0.2, 0) is 9.59 Å². The number of benzene rings is 1. The lowest BCUT2D eigenvalue weighted by Crippen LogP contribution is -2.38. The van der Waals surface area contributed by atoms with Crippen LogP contribution >= 0.6 is 0 Å². The number of nitrogens with one attached hydrogen (secondary N) is 1. The second-order valence-corrected chi connectivity index (χ2v) is 9.11. The lowest BCUT2D eigenvalue weighted by atomic mass is 9.91. The molecule has 9 heteroatoms. The van der Waals surface area contributed by atoms with E-state index in [1.165, 1.54) is 18.2 Å². The smallest absolute Gasteiger partial charge is 0.239 e. The fourth-order valence-corrected chi connectivity index (χ4v) is 4.26. The number of hydroxylamine groups is 1. The molecule has 0 saturated carbocycles. The van der Waals surface area contributed by atoms with Crippen LogP contribution in [-0.4, -0.2) is 35.0 Å². The summed E-state index contributed by atoms with van der Waals surface area (Å²) >= 11 is 0. The number of aryl methyl sites for hydroxylation is 1. The Morgan fingerprint density at radius 1 is 1.28 bits per heavy atom. The minimum absolute atomic E-state index is 0.186. The second kappa shape index (κ2) is 16.8. The van der Waals surface area contributed by atoms with Gasteiger partial charge in [-0.2, -0.15) is 10.7 Å². The van der Waals surface area contributed by atoms with Crippen LogP contribution in [0.2, 0.25) is 0 Å². The molecular weight excluding hydrogens is 499 g/mol. The van der Waals surface area contributed by atoms with E-state index in [4.69, 9.17) is 14.6 Å². The van der Waals surface area contributed by atoms with Crippen LogP contribution in [0.5, 0.6) is 5.75 Å². The molecule has 1 aromatic carbocycles. The Labute approximate surface area is 231 Å². The molecule has 1 saturated heterocycles. The van der Waals surface area contributed by atoms with Gasteiger partial charge in [-0.15, -0.1) is 0 Å². The third-order valence-electron chi connectivity index (χ3n) is 6.15. The van der Waals surface area contributed by atoms with Gasteiger partial charge in [-0.1, -0.05) is 51.1 Å². The number of likely N-dealkylation sites (tertiary alicyclic amines) is 1. The molecule has 39 heavy (non-hydrogen) atoms. The number of rotatable bonds is 8. The molecule has 2 aromatic rings. The van der Waals surface area contributed by atoms with Gasteiger partial charge in [0.2, 0.25) is 12.3 Å². The fraction of sp³-hybridized carbons (Fsp3) is 0.467. The van der Waals surface area contributed by atoms with Crippen LogP contribution in [0.3, 0.4) is 0 Å². The van der Waals surface area contributed by atoms with Gasteiger partial charge in [0.15, 0.2) is 5.75 Å². The first-order valence-corrected chi connectivity index (χ1v) is 13.3. The first-order valence-electron chi connectivity index (χ1n) is 13.3. The van der Waals surface area contributed by atoms with Gasteiger partial charge in [-0.25, -0.2) is 4.39 Å². The Morgan fingerprint density at radius 2 is 1.97 bits per heavy atom. The maximum absolute atomic E-state index is 13.6. The summed E-state index contributed by atoms with van der Waals surface area (Å²) in [6, 6.07) is 8.77. The molecule has 2 amide bonds. The van der Waals surface area contributed by atoms with Crippen molar-refractivity contribution in [2.75, 3.05) is 6.54 Å². The molecule has 1 aliphatic heterocycles. The summed E-state index contributed by atoms with van der Waals surface area (Å²) in [5, 5.41) is 12.9. The predicted molar refractivity (Wildman–Crippen MR) is 150 cm³/mol. The SMILES string of the molecule is C/C=C(\C(F)=C/C)c1ccc(ONC=O)c(C#N)c1.CC.Cc1cc(C(C(=O)N2CCCC2C)C(C)C)on1. The molecule has 1 aromatic heterocycles. The Bertz CT molecular complexity index is 1180. The minimum Gasteiger partial charge on any atom is -0.378 e. The lowest BCUT2D eigenvalue weighted by Gasteiger charge is -2.27. The zero-order chi connectivity index (χ0) is 29.5. The van der Waals surface area contributed by atoms with Gasteiger partial charge in [0, 0.05) is 24.2 Å². The highest BCUT2D eigenvalue weighted by molar-refractivity contribution is 5.84. The van der Waals surface area contributed by atoms with Gasteiger partial charge in [0.05, 0.1) is 11.3 Å². The molecule has 212 valence electrons. The van der Waals surface area contributed by atoms with Crippen LogP contribution < -0.4 is 10.3 Å². The predicted octanol–water partition coefficient (Wildman–Crippen LogP) is 6.63. The van der Waals surface area contributed by atoms with Crippen LogP contribution in [0.4, 0.5) is 4.39 Å². The maximum Gasteiger partial charge on any atom is 0.239 e. The fourth-order valence-electron chi connectivity index (χ4n) is 4.26. The minimum atomic E-state index is -0.369. The van der Waals surface area contributed by atoms with E-state index in [0.717, 1.165) is 25.1 Å². The number of nitrogens with zero attached hydrogens (tertiary/aromatic N) is 3. The van der Waals surface area contributed by atoms with Gasteiger partial charge < -0.3 is 14.3 Å². The van der Waals surface area contributed by atoms with Gasteiger partial charge >= 0.3 is 0 Å². The van der Waals surface area contributed by atoms with Gasteiger partial charge in [0.25, 0.3) is 0 Å². The van der Waals surface area contributed by atoms with E-state index in [2.05, 4.69) is 25.9 Å². The summed E-state index contributed by atoms with van der Waals surface area (Å²) in [6.45, 7) is 16.3. The molecule has 0 bridgehead atoms. The largest absolute Gasteiger partial charge is 0.378 e. The molecule has 0 radical (unpaired) electrons. The van der Waals surface area contributed by atoms with Crippen LogP contribution in [0.25, 0.3) is 5.57 Å². The van der Waals surface area contributed by atoms with Crippen molar-refractivity contribution in [3.05, 3.63) is 64.8 Å². The van der Waals surface area contributed by atoms with E-state index < -0.39 is 0 Å². The van der Waals surface area contributed by atoms with E-state index in [0.29, 0.717) is 29.3 Å². The Balaban J connectivity index is 0.000000367. The van der Waals surface area contributed by atoms with Crippen molar-refractivity contribution in [2.24, 2.45) is 5.92 Å². The highest BCUT2D eigenvalue weighted by Gasteiger charge is 2.35. The summed E-state index contributed by atoms with van der Waals surface area (Å²) in [7, 11) is 0. The van der Waals surface area contributed by atoms with Crippen LogP contribution in [0.15, 0.2) is 46.8 Å². The van der Waals surface area contributed by atoms with Crippen LogP contribution in [0, 0.1) is 24.2 Å². The Hall–Kier alpha value is -3.93.